The van der Waals surface area contributed by atoms with Crippen molar-refractivity contribution < 1.29 is 13.6 Å². The first kappa shape index (κ1) is 20.0. The van der Waals surface area contributed by atoms with Gasteiger partial charge < -0.3 is 20.5 Å². The minimum atomic E-state index is -0.326. The van der Waals surface area contributed by atoms with Gasteiger partial charge in [0.25, 0.3) is 0 Å². The van der Waals surface area contributed by atoms with Crippen molar-refractivity contribution in [2.45, 2.75) is 25.9 Å². The molecule has 0 atom stereocenters. The summed E-state index contributed by atoms with van der Waals surface area (Å²) in [6, 6.07) is 12.2. The predicted octanol–water partition coefficient (Wildman–Crippen LogP) is 3.65. The summed E-state index contributed by atoms with van der Waals surface area (Å²) in [6.45, 7) is 2.01. The zero-order valence-electron chi connectivity index (χ0n) is 16.4. The highest BCUT2D eigenvalue weighted by Gasteiger charge is 2.26. The van der Waals surface area contributed by atoms with Gasteiger partial charge in [0.15, 0.2) is 0 Å². The van der Waals surface area contributed by atoms with E-state index >= 15 is 0 Å². The van der Waals surface area contributed by atoms with Crippen LogP contribution in [0.1, 0.15) is 18.7 Å². The Hall–Kier alpha value is -3.26. The second-order valence-corrected chi connectivity index (χ2v) is 7.22. The lowest BCUT2D eigenvalue weighted by Crippen LogP contribution is -2.38. The Morgan fingerprint density at radius 2 is 1.70 bits per heavy atom. The van der Waals surface area contributed by atoms with E-state index in [-0.39, 0.29) is 17.5 Å². The summed E-state index contributed by atoms with van der Waals surface area (Å²) in [6.07, 6.45) is 1.07. The fourth-order valence-corrected chi connectivity index (χ4v) is 3.56. The van der Waals surface area contributed by atoms with Crippen molar-refractivity contribution in [2.75, 3.05) is 18.4 Å². The van der Waals surface area contributed by atoms with Gasteiger partial charge in [0.2, 0.25) is 5.91 Å². The summed E-state index contributed by atoms with van der Waals surface area (Å²) in [5.74, 6) is 0.892. The minimum Gasteiger partial charge on any atom is -0.340 e. The van der Waals surface area contributed by atoms with Crippen LogP contribution in [-0.4, -0.2) is 33.4 Å². The fourth-order valence-electron chi connectivity index (χ4n) is 3.56. The van der Waals surface area contributed by atoms with E-state index < -0.39 is 0 Å². The maximum Gasteiger partial charge on any atom is 0.223 e. The predicted molar refractivity (Wildman–Crippen MR) is 111 cm³/mol. The average molecular weight is 411 g/mol. The molecule has 3 N–H and O–H groups in total. The normalized spacial score (nSPS) is 13.2. The number of hydrogen-bond donors (Lipinski definition) is 2. The maximum absolute atomic E-state index is 13.4. The van der Waals surface area contributed by atoms with Gasteiger partial charge in [-0.15, -0.1) is 0 Å². The number of nitrogens with one attached hydrogen (secondary N) is 1. The van der Waals surface area contributed by atoms with Gasteiger partial charge in [-0.05, 0) is 61.5 Å². The van der Waals surface area contributed by atoms with E-state index in [2.05, 4.69) is 5.32 Å². The van der Waals surface area contributed by atoms with Crippen molar-refractivity contribution in [1.82, 2.24) is 14.5 Å². The Morgan fingerprint density at radius 3 is 2.37 bits per heavy atom. The van der Waals surface area contributed by atoms with Crippen LogP contribution in [0, 0.1) is 11.6 Å². The van der Waals surface area contributed by atoms with Crippen molar-refractivity contribution in [3.8, 4) is 11.3 Å². The van der Waals surface area contributed by atoms with Crippen molar-refractivity contribution in [3.63, 3.8) is 0 Å². The van der Waals surface area contributed by atoms with E-state index in [1.165, 1.54) is 24.3 Å². The number of rotatable bonds is 6. The molecule has 0 radical (unpaired) electrons. The number of nitrogens with two attached hydrogens (primary N) is 1. The molecule has 1 aliphatic heterocycles. The average Bonchev–Trinajstić information content (AvgIpc) is 3.11. The van der Waals surface area contributed by atoms with Crippen LogP contribution in [0.4, 0.5) is 20.3 Å². The van der Waals surface area contributed by atoms with E-state index in [1.54, 1.807) is 29.2 Å². The SMILES string of the molecule is NCCCC(=O)N1CCn2c(nc(-c3ccc(F)cc3)c2Nc2ccc(F)cc2)C1. The Balaban J connectivity index is 1.69. The molecule has 0 fully saturated rings. The van der Waals surface area contributed by atoms with E-state index in [4.69, 9.17) is 10.7 Å². The molecule has 6 nitrogen and oxygen atoms in total. The maximum atomic E-state index is 13.4. The molecular weight excluding hydrogens is 388 g/mol. The van der Waals surface area contributed by atoms with E-state index in [0.717, 1.165) is 17.2 Å². The molecular formula is C22H23F2N5O. The molecule has 30 heavy (non-hydrogen) atoms. The number of nitrogens with zero attached hydrogens (tertiary/aromatic N) is 3. The second-order valence-electron chi connectivity index (χ2n) is 7.22. The number of imidazole rings is 1. The molecule has 3 aromatic rings. The zero-order chi connectivity index (χ0) is 21.1. The fraction of sp³-hybridized carbons (Fsp3) is 0.273. The molecule has 0 unspecified atom stereocenters. The van der Waals surface area contributed by atoms with E-state index in [1.807, 2.05) is 4.57 Å². The smallest absolute Gasteiger partial charge is 0.223 e. The Kier molecular flexibility index (Phi) is 5.76. The van der Waals surface area contributed by atoms with Gasteiger partial charge in [-0.3, -0.25) is 4.79 Å². The highest BCUT2D eigenvalue weighted by Crippen LogP contribution is 2.33. The van der Waals surface area contributed by atoms with Crippen LogP contribution in [0.25, 0.3) is 11.3 Å². The topological polar surface area (TPSA) is 76.2 Å². The van der Waals surface area contributed by atoms with Crippen LogP contribution in [0.3, 0.4) is 0 Å². The van der Waals surface area contributed by atoms with Crippen molar-refractivity contribution in [2.24, 2.45) is 5.73 Å². The zero-order valence-corrected chi connectivity index (χ0v) is 16.4. The van der Waals surface area contributed by atoms with Crippen molar-refractivity contribution in [3.05, 3.63) is 66.0 Å². The monoisotopic (exact) mass is 411 g/mol. The molecule has 1 aliphatic rings. The molecule has 0 bridgehead atoms. The van der Waals surface area contributed by atoms with Gasteiger partial charge in [-0.2, -0.15) is 0 Å². The van der Waals surface area contributed by atoms with Crippen LogP contribution in [-0.2, 0) is 17.9 Å². The number of hydrogen-bond acceptors (Lipinski definition) is 4. The molecule has 0 saturated heterocycles. The van der Waals surface area contributed by atoms with Crippen LogP contribution in [0.15, 0.2) is 48.5 Å². The van der Waals surface area contributed by atoms with E-state index in [9.17, 15) is 13.6 Å². The molecule has 156 valence electrons. The lowest BCUT2D eigenvalue weighted by atomic mass is 10.1. The van der Waals surface area contributed by atoms with Gasteiger partial charge >= 0.3 is 0 Å². The third-order valence-electron chi connectivity index (χ3n) is 5.14. The van der Waals surface area contributed by atoms with Crippen molar-refractivity contribution in [1.29, 1.82) is 0 Å². The Bertz CT molecular complexity index is 1030. The number of carbonyl (C=O) groups is 1. The van der Waals surface area contributed by atoms with Gasteiger partial charge in [0.05, 0.1) is 6.54 Å². The Labute approximate surface area is 173 Å². The summed E-state index contributed by atoms with van der Waals surface area (Å²) in [4.78, 5) is 19.0. The van der Waals surface area contributed by atoms with Crippen molar-refractivity contribution >= 4 is 17.4 Å². The number of aromatic nitrogens is 2. The molecule has 2 aromatic carbocycles. The number of benzene rings is 2. The molecule has 1 amide bonds. The highest BCUT2D eigenvalue weighted by atomic mass is 19.1. The summed E-state index contributed by atoms with van der Waals surface area (Å²) in [7, 11) is 0. The van der Waals surface area contributed by atoms with Gasteiger partial charge in [-0.1, -0.05) is 0 Å². The molecule has 4 rings (SSSR count). The molecule has 0 spiro atoms. The Morgan fingerprint density at radius 1 is 1.03 bits per heavy atom. The van der Waals surface area contributed by atoms with Gasteiger partial charge in [0, 0.05) is 30.8 Å². The summed E-state index contributed by atoms with van der Waals surface area (Å²) < 4.78 is 28.8. The summed E-state index contributed by atoms with van der Waals surface area (Å²) >= 11 is 0. The number of carbonyl (C=O) groups excluding carboxylic acids is 1. The van der Waals surface area contributed by atoms with Gasteiger partial charge in [-0.25, -0.2) is 13.8 Å². The number of amides is 1. The number of anilines is 2. The second kappa shape index (κ2) is 8.62. The van der Waals surface area contributed by atoms with Gasteiger partial charge in [0.1, 0.15) is 29.0 Å². The standard InChI is InChI=1S/C22H23F2N5O/c23-16-5-3-15(4-6-16)21-22(26-18-9-7-17(24)8-10-18)29-13-12-28(14-19(29)27-21)20(30)2-1-11-25/h3-10,26H,1-2,11-14,25H2. The third kappa shape index (κ3) is 4.18. The molecule has 2 heterocycles. The molecule has 0 saturated carbocycles. The van der Waals surface area contributed by atoms with Crippen LogP contribution >= 0.6 is 0 Å². The first-order valence-electron chi connectivity index (χ1n) is 9.91. The third-order valence-corrected chi connectivity index (χ3v) is 5.14. The first-order valence-corrected chi connectivity index (χ1v) is 9.91. The molecule has 1 aromatic heterocycles. The molecule has 0 aliphatic carbocycles. The van der Waals surface area contributed by atoms with Crippen LogP contribution in [0.2, 0.25) is 0 Å². The minimum absolute atomic E-state index is 0.0612. The lowest BCUT2D eigenvalue weighted by Gasteiger charge is -2.28. The lowest BCUT2D eigenvalue weighted by molar-refractivity contribution is -0.132. The summed E-state index contributed by atoms with van der Waals surface area (Å²) in [5.41, 5.74) is 7.64. The summed E-state index contributed by atoms with van der Waals surface area (Å²) in [5, 5.41) is 3.32. The largest absolute Gasteiger partial charge is 0.340 e. The van der Waals surface area contributed by atoms with Crippen LogP contribution in [0.5, 0.6) is 0 Å². The van der Waals surface area contributed by atoms with E-state index in [0.29, 0.717) is 50.4 Å². The quantitative estimate of drug-likeness (QED) is 0.649. The number of fused-ring (bicyclic) bond motifs is 1. The van der Waals surface area contributed by atoms with Crippen LogP contribution < -0.4 is 11.1 Å². The first-order chi connectivity index (χ1) is 14.5. The highest BCUT2D eigenvalue weighted by molar-refractivity contribution is 5.78. The number of halogens is 2. The molecule has 8 heteroatoms.